The Morgan fingerprint density at radius 2 is 2.04 bits per heavy atom. The Labute approximate surface area is 134 Å². The number of allylic oxidation sites excluding steroid dienone is 2. The van der Waals surface area contributed by atoms with Crippen LogP contribution in [0.3, 0.4) is 0 Å². The topological polar surface area (TPSA) is 115 Å². The molecule has 8 heteroatoms. The van der Waals surface area contributed by atoms with Crippen LogP contribution in [0.4, 0.5) is 0 Å². The summed E-state index contributed by atoms with van der Waals surface area (Å²) >= 11 is 0. The summed E-state index contributed by atoms with van der Waals surface area (Å²) in [6.45, 7) is 0. The highest BCUT2D eigenvalue weighted by molar-refractivity contribution is 7.90. The summed E-state index contributed by atoms with van der Waals surface area (Å²) in [5.41, 5.74) is 0.0412. The Morgan fingerprint density at radius 3 is 2.65 bits per heavy atom. The molecule has 7 nitrogen and oxygen atoms in total. The minimum Gasteiger partial charge on any atom is -0.387 e. The second-order valence-electron chi connectivity index (χ2n) is 6.01. The summed E-state index contributed by atoms with van der Waals surface area (Å²) < 4.78 is 23.7. The first-order valence-electron chi connectivity index (χ1n) is 7.51. The van der Waals surface area contributed by atoms with Gasteiger partial charge in [0.05, 0.1) is 5.69 Å². The van der Waals surface area contributed by atoms with Crippen LogP contribution in [0.25, 0.3) is 0 Å². The molecule has 0 amide bonds. The summed E-state index contributed by atoms with van der Waals surface area (Å²) in [5.74, 6) is -0.162. The highest BCUT2D eigenvalue weighted by atomic mass is 32.2. The van der Waals surface area contributed by atoms with Crippen molar-refractivity contribution >= 4 is 15.9 Å². The van der Waals surface area contributed by atoms with Gasteiger partial charge in [-0.2, -0.15) is 0 Å². The lowest BCUT2D eigenvalue weighted by atomic mass is 9.93. The number of nitrogens with zero attached hydrogens (tertiary/aromatic N) is 2. The first kappa shape index (κ1) is 16.1. The molecule has 2 atom stereocenters. The van der Waals surface area contributed by atoms with Crippen LogP contribution in [0.15, 0.2) is 36.8 Å². The van der Waals surface area contributed by atoms with E-state index < -0.39 is 20.9 Å². The van der Waals surface area contributed by atoms with Crippen molar-refractivity contribution in [2.45, 2.75) is 36.5 Å². The monoisotopic (exact) mass is 337 g/mol. The maximum Gasteiger partial charge on any atom is 0.234 e. The third-order valence-electron chi connectivity index (χ3n) is 4.60. The van der Waals surface area contributed by atoms with Crippen molar-refractivity contribution in [2.75, 3.05) is 0 Å². The molecule has 0 spiro atoms. The molecule has 1 heterocycles. The number of hydrogen-bond donors (Lipinski definition) is 2. The molecular formula is C15H19N3O4S. The van der Waals surface area contributed by atoms with Crippen LogP contribution < -0.4 is 5.14 Å². The Morgan fingerprint density at radius 1 is 1.35 bits per heavy atom. The van der Waals surface area contributed by atoms with Gasteiger partial charge in [0.15, 0.2) is 4.75 Å². The van der Waals surface area contributed by atoms with E-state index in [1.807, 2.05) is 0 Å². The lowest BCUT2D eigenvalue weighted by Gasteiger charge is -2.31. The number of primary sulfonamides is 1. The number of aliphatic hydroxyl groups is 1. The minimum atomic E-state index is -4.20. The molecule has 0 radical (unpaired) electrons. The maximum atomic E-state index is 12.4. The van der Waals surface area contributed by atoms with Crippen molar-refractivity contribution < 1.29 is 18.3 Å². The Hall–Kier alpha value is -1.77. The quantitative estimate of drug-likeness (QED) is 0.842. The number of aliphatic hydroxyl groups excluding tert-OH is 1. The number of rotatable bonds is 3. The van der Waals surface area contributed by atoms with E-state index in [0.717, 1.165) is 25.7 Å². The van der Waals surface area contributed by atoms with Crippen molar-refractivity contribution in [3.05, 3.63) is 42.5 Å². The summed E-state index contributed by atoms with van der Waals surface area (Å²) in [7, 11) is -4.20. The fourth-order valence-electron chi connectivity index (χ4n) is 3.28. The number of carbonyl (C=O) groups is 1. The van der Waals surface area contributed by atoms with E-state index in [-0.39, 0.29) is 17.5 Å². The zero-order valence-corrected chi connectivity index (χ0v) is 13.3. The number of imidazole rings is 1. The van der Waals surface area contributed by atoms with Crippen LogP contribution >= 0.6 is 0 Å². The van der Waals surface area contributed by atoms with Gasteiger partial charge in [0.2, 0.25) is 15.9 Å². The van der Waals surface area contributed by atoms with Gasteiger partial charge in [-0.15, -0.1) is 0 Å². The molecule has 1 aromatic heterocycles. The summed E-state index contributed by atoms with van der Waals surface area (Å²) in [6.07, 6.45) is 10.7. The maximum absolute atomic E-state index is 12.4. The van der Waals surface area contributed by atoms with Gasteiger partial charge in [0.25, 0.3) is 0 Å². The summed E-state index contributed by atoms with van der Waals surface area (Å²) in [4.78, 5) is 16.5. The number of hydrogen-bond acceptors (Lipinski definition) is 5. The van der Waals surface area contributed by atoms with Crippen molar-refractivity contribution in [3.8, 4) is 0 Å². The Kier molecular flexibility index (Phi) is 3.99. The van der Waals surface area contributed by atoms with Gasteiger partial charge in [-0.1, -0.05) is 37.1 Å². The first-order valence-corrected chi connectivity index (χ1v) is 9.06. The van der Waals surface area contributed by atoms with Crippen molar-refractivity contribution in [3.63, 3.8) is 0 Å². The van der Waals surface area contributed by atoms with Crippen molar-refractivity contribution in [1.82, 2.24) is 9.55 Å². The molecule has 2 aliphatic rings. The minimum absolute atomic E-state index is 0.0412. The Bertz CT molecular complexity index is 774. The normalized spacial score (nSPS) is 28.3. The summed E-state index contributed by atoms with van der Waals surface area (Å²) in [6, 6.07) is 0. The van der Waals surface area contributed by atoms with Crippen LogP contribution in [0, 0.1) is 5.92 Å². The largest absolute Gasteiger partial charge is 0.387 e. The fraction of sp³-hybridized carbons (Fsp3) is 0.467. The molecule has 2 aliphatic carbocycles. The van der Waals surface area contributed by atoms with E-state index in [1.165, 1.54) is 41.4 Å². The highest BCUT2D eigenvalue weighted by Gasteiger charge is 2.49. The first-order chi connectivity index (χ1) is 10.9. The van der Waals surface area contributed by atoms with Gasteiger partial charge < -0.3 is 5.11 Å². The van der Waals surface area contributed by atoms with E-state index in [2.05, 4.69) is 4.98 Å². The molecule has 1 fully saturated rings. The van der Waals surface area contributed by atoms with Gasteiger partial charge in [0, 0.05) is 12.1 Å². The fourth-order valence-corrected chi connectivity index (χ4v) is 4.36. The molecule has 3 N–H and O–H groups in total. The van der Waals surface area contributed by atoms with Crippen LogP contribution in [0.5, 0.6) is 0 Å². The molecule has 3 rings (SSSR count). The number of sulfonamides is 1. The van der Waals surface area contributed by atoms with Gasteiger partial charge in [-0.05, 0) is 12.8 Å². The van der Waals surface area contributed by atoms with E-state index in [0.29, 0.717) is 0 Å². The lowest BCUT2D eigenvalue weighted by Crippen LogP contribution is -2.48. The zero-order chi connectivity index (χ0) is 16.7. The van der Waals surface area contributed by atoms with Crippen LogP contribution in [0.1, 0.15) is 36.2 Å². The molecular weight excluding hydrogens is 318 g/mol. The van der Waals surface area contributed by atoms with Gasteiger partial charge in [-0.3, -0.25) is 9.36 Å². The van der Waals surface area contributed by atoms with Gasteiger partial charge >= 0.3 is 0 Å². The standard InChI is InChI=1S/C15H19N3O4S/c16-23(21,22)15(8-4-3-7-13(15)19)12-9-18(10-17-12)14(20)11-5-1-2-6-11/h3-4,7-11,13,19H,1-2,5-6H2,(H2,16,21,22). The zero-order valence-electron chi connectivity index (χ0n) is 12.5. The van der Waals surface area contributed by atoms with Crippen LogP contribution in [0.2, 0.25) is 0 Å². The smallest absolute Gasteiger partial charge is 0.234 e. The van der Waals surface area contributed by atoms with Gasteiger partial charge in [0.1, 0.15) is 12.4 Å². The Balaban J connectivity index is 2.01. The lowest BCUT2D eigenvalue weighted by molar-refractivity contribution is 0.0836. The highest BCUT2D eigenvalue weighted by Crippen LogP contribution is 2.36. The van der Waals surface area contributed by atoms with Gasteiger partial charge in [-0.25, -0.2) is 18.5 Å². The third-order valence-corrected chi connectivity index (χ3v) is 6.13. The molecule has 0 saturated heterocycles. The average Bonchev–Trinajstić information content (AvgIpc) is 3.18. The van der Waals surface area contributed by atoms with Crippen molar-refractivity contribution in [1.29, 1.82) is 0 Å². The number of carbonyl (C=O) groups excluding carboxylic acids is 1. The van der Waals surface area contributed by atoms with Crippen LogP contribution in [-0.4, -0.2) is 35.1 Å². The number of aromatic nitrogens is 2. The molecule has 23 heavy (non-hydrogen) atoms. The van der Waals surface area contributed by atoms with Crippen LogP contribution in [-0.2, 0) is 14.8 Å². The van der Waals surface area contributed by atoms with E-state index >= 15 is 0 Å². The second-order valence-corrected chi connectivity index (χ2v) is 7.78. The van der Waals surface area contributed by atoms with E-state index in [9.17, 15) is 18.3 Å². The SMILES string of the molecule is NS(=O)(=O)C1(c2cn(C(=O)C3CCCC3)cn2)C=CC=CC1O. The van der Waals surface area contributed by atoms with E-state index in [1.54, 1.807) is 0 Å². The summed E-state index contributed by atoms with van der Waals surface area (Å²) in [5, 5.41) is 15.6. The molecule has 124 valence electrons. The molecule has 0 aromatic carbocycles. The van der Waals surface area contributed by atoms with Crippen molar-refractivity contribution in [2.24, 2.45) is 11.1 Å². The molecule has 1 aromatic rings. The molecule has 0 aliphatic heterocycles. The number of nitrogens with two attached hydrogens (primary N) is 1. The molecule has 0 bridgehead atoms. The molecule has 2 unspecified atom stereocenters. The third kappa shape index (κ3) is 2.56. The predicted octanol–water partition coefficient (Wildman–Crippen LogP) is 0.684. The van der Waals surface area contributed by atoms with E-state index in [4.69, 9.17) is 5.14 Å². The predicted molar refractivity (Wildman–Crippen MR) is 83.9 cm³/mol. The molecule has 1 saturated carbocycles. The average molecular weight is 337 g/mol. The second kappa shape index (κ2) is 5.70.